The second-order valence-electron chi connectivity index (χ2n) is 3.36. The van der Waals surface area contributed by atoms with Crippen LogP contribution >= 0.6 is 23.2 Å². The van der Waals surface area contributed by atoms with Gasteiger partial charge in [0.1, 0.15) is 0 Å². The molecule has 0 bridgehead atoms. The minimum atomic E-state index is 0.189. The molecule has 0 spiro atoms. The van der Waals surface area contributed by atoms with E-state index in [1.165, 1.54) is 5.56 Å². The molecule has 0 aliphatic heterocycles. The number of halogens is 2. The molecule has 0 amide bonds. The number of hydrogen-bond acceptors (Lipinski definition) is 1. The summed E-state index contributed by atoms with van der Waals surface area (Å²) in [6.45, 7) is 3.77. The van der Waals surface area contributed by atoms with Crippen molar-refractivity contribution in [2.45, 2.75) is 18.7 Å². The van der Waals surface area contributed by atoms with Crippen molar-refractivity contribution in [3.05, 3.63) is 34.9 Å². The molecule has 1 aromatic carbocycles. The summed E-state index contributed by atoms with van der Waals surface area (Å²) in [6, 6.07) is 7.94. The molecule has 1 unspecified atom stereocenters. The zero-order chi connectivity index (χ0) is 10.4. The number of alkyl halides is 1. The van der Waals surface area contributed by atoms with Gasteiger partial charge in [-0.15, -0.1) is 11.6 Å². The van der Waals surface area contributed by atoms with Gasteiger partial charge in [0.2, 0.25) is 0 Å². The average Bonchev–Trinajstić information content (AvgIpc) is 2.12. The van der Waals surface area contributed by atoms with E-state index in [-0.39, 0.29) is 5.38 Å². The lowest BCUT2D eigenvalue weighted by Gasteiger charge is -2.06. The molecule has 1 aromatic rings. The largest absolute Gasteiger partial charge is 0.315 e. The van der Waals surface area contributed by atoms with E-state index in [1.807, 2.05) is 25.1 Å². The van der Waals surface area contributed by atoms with E-state index in [0.717, 1.165) is 24.5 Å². The van der Waals surface area contributed by atoms with Crippen molar-refractivity contribution in [1.29, 1.82) is 0 Å². The van der Waals surface area contributed by atoms with Crippen LogP contribution in [0.3, 0.4) is 0 Å². The fourth-order valence-electron chi connectivity index (χ4n) is 1.23. The van der Waals surface area contributed by atoms with Crippen LogP contribution in [0, 0.1) is 0 Å². The van der Waals surface area contributed by atoms with Gasteiger partial charge in [-0.3, -0.25) is 0 Å². The Labute approximate surface area is 95.4 Å². The average molecular weight is 232 g/mol. The molecule has 0 aliphatic carbocycles. The van der Waals surface area contributed by atoms with Crippen LogP contribution in [-0.2, 0) is 6.42 Å². The zero-order valence-electron chi connectivity index (χ0n) is 8.26. The first kappa shape index (κ1) is 11.8. The Morgan fingerprint density at radius 3 is 2.86 bits per heavy atom. The fraction of sp³-hybridized carbons (Fsp3) is 0.455. The molecular weight excluding hydrogens is 217 g/mol. The first-order valence-corrected chi connectivity index (χ1v) is 5.59. The summed E-state index contributed by atoms with van der Waals surface area (Å²) in [7, 11) is 0. The van der Waals surface area contributed by atoms with Gasteiger partial charge in [-0.05, 0) is 37.6 Å². The van der Waals surface area contributed by atoms with Gasteiger partial charge >= 0.3 is 0 Å². The van der Waals surface area contributed by atoms with Crippen LogP contribution in [0.4, 0.5) is 0 Å². The second-order valence-corrected chi connectivity index (χ2v) is 4.55. The lowest BCUT2D eigenvalue weighted by Crippen LogP contribution is -2.23. The van der Waals surface area contributed by atoms with Crippen molar-refractivity contribution in [2.24, 2.45) is 0 Å². The van der Waals surface area contributed by atoms with Crippen molar-refractivity contribution in [3.63, 3.8) is 0 Å². The number of nitrogens with one attached hydrogen (secondary N) is 1. The van der Waals surface area contributed by atoms with Crippen LogP contribution in [0.2, 0.25) is 5.02 Å². The highest BCUT2D eigenvalue weighted by atomic mass is 35.5. The highest BCUT2D eigenvalue weighted by Gasteiger charge is 1.96. The monoisotopic (exact) mass is 231 g/mol. The van der Waals surface area contributed by atoms with Gasteiger partial charge in [0, 0.05) is 16.9 Å². The summed E-state index contributed by atoms with van der Waals surface area (Å²) in [5, 5.41) is 4.27. The van der Waals surface area contributed by atoms with Gasteiger partial charge < -0.3 is 5.32 Å². The lowest BCUT2D eigenvalue weighted by molar-refractivity contribution is 0.675. The zero-order valence-corrected chi connectivity index (χ0v) is 9.78. The summed E-state index contributed by atoms with van der Waals surface area (Å²) in [5.41, 5.74) is 1.26. The molecule has 0 heterocycles. The van der Waals surface area contributed by atoms with E-state index in [9.17, 15) is 0 Å². The summed E-state index contributed by atoms with van der Waals surface area (Å²) < 4.78 is 0. The highest BCUT2D eigenvalue weighted by molar-refractivity contribution is 6.30. The van der Waals surface area contributed by atoms with E-state index in [1.54, 1.807) is 0 Å². The van der Waals surface area contributed by atoms with Crippen molar-refractivity contribution in [1.82, 2.24) is 5.32 Å². The first-order chi connectivity index (χ1) is 6.68. The van der Waals surface area contributed by atoms with E-state index < -0.39 is 0 Å². The standard InChI is InChI=1S/C11H15Cl2N/c1-9(12)8-14-6-5-10-3-2-4-11(13)7-10/h2-4,7,9,14H,5-6,8H2,1H3. The van der Waals surface area contributed by atoms with E-state index >= 15 is 0 Å². The minimum Gasteiger partial charge on any atom is -0.315 e. The molecule has 0 radical (unpaired) electrons. The maximum absolute atomic E-state index is 5.87. The topological polar surface area (TPSA) is 12.0 Å². The predicted octanol–water partition coefficient (Wildman–Crippen LogP) is 3.10. The Balaban J connectivity index is 2.25. The Morgan fingerprint density at radius 1 is 1.43 bits per heavy atom. The lowest BCUT2D eigenvalue weighted by atomic mass is 10.1. The molecule has 1 N–H and O–H groups in total. The van der Waals surface area contributed by atoms with Crippen LogP contribution in [-0.4, -0.2) is 18.5 Å². The van der Waals surface area contributed by atoms with Gasteiger partial charge in [-0.25, -0.2) is 0 Å². The van der Waals surface area contributed by atoms with Gasteiger partial charge in [-0.2, -0.15) is 0 Å². The maximum atomic E-state index is 5.87. The summed E-state index contributed by atoms with van der Waals surface area (Å²) in [4.78, 5) is 0. The van der Waals surface area contributed by atoms with Crippen molar-refractivity contribution < 1.29 is 0 Å². The molecule has 0 saturated heterocycles. The van der Waals surface area contributed by atoms with Crippen LogP contribution in [0.5, 0.6) is 0 Å². The Bertz CT molecular complexity index is 274. The van der Waals surface area contributed by atoms with E-state index in [2.05, 4.69) is 11.4 Å². The molecule has 3 heteroatoms. The quantitative estimate of drug-likeness (QED) is 0.607. The Hall–Kier alpha value is -0.240. The molecule has 0 aliphatic rings. The Morgan fingerprint density at radius 2 is 2.21 bits per heavy atom. The van der Waals surface area contributed by atoms with Crippen LogP contribution in [0.1, 0.15) is 12.5 Å². The number of rotatable bonds is 5. The SMILES string of the molecule is CC(Cl)CNCCc1cccc(Cl)c1. The van der Waals surface area contributed by atoms with Gasteiger partial charge in [0.15, 0.2) is 0 Å². The van der Waals surface area contributed by atoms with E-state index in [0.29, 0.717) is 0 Å². The smallest absolute Gasteiger partial charge is 0.0432 e. The third-order valence-electron chi connectivity index (χ3n) is 1.91. The van der Waals surface area contributed by atoms with Crippen molar-refractivity contribution in [2.75, 3.05) is 13.1 Å². The summed E-state index contributed by atoms with van der Waals surface area (Å²) in [5.74, 6) is 0. The van der Waals surface area contributed by atoms with Crippen LogP contribution < -0.4 is 5.32 Å². The van der Waals surface area contributed by atoms with Gasteiger partial charge in [-0.1, -0.05) is 23.7 Å². The molecule has 1 rings (SSSR count). The second kappa shape index (κ2) is 6.28. The molecule has 0 saturated carbocycles. The van der Waals surface area contributed by atoms with Gasteiger partial charge in [0.05, 0.1) is 0 Å². The number of hydrogen-bond donors (Lipinski definition) is 1. The highest BCUT2D eigenvalue weighted by Crippen LogP contribution is 2.10. The summed E-state index contributed by atoms with van der Waals surface area (Å²) in [6.07, 6.45) is 0.990. The summed E-state index contributed by atoms with van der Waals surface area (Å²) >= 11 is 11.7. The normalized spacial score (nSPS) is 12.8. The molecule has 0 fully saturated rings. The van der Waals surface area contributed by atoms with Crippen molar-refractivity contribution >= 4 is 23.2 Å². The molecule has 1 atom stereocenters. The Kier molecular flexibility index (Phi) is 5.31. The molecule has 0 aromatic heterocycles. The molecule has 14 heavy (non-hydrogen) atoms. The van der Waals surface area contributed by atoms with Crippen molar-refractivity contribution in [3.8, 4) is 0 Å². The minimum absolute atomic E-state index is 0.189. The first-order valence-electron chi connectivity index (χ1n) is 4.77. The molecule has 78 valence electrons. The van der Waals surface area contributed by atoms with Crippen LogP contribution in [0.15, 0.2) is 24.3 Å². The van der Waals surface area contributed by atoms with Gasteiger partial charge in [0.25, 0.3) is 0 Å². The molecule has 1 nitrogen and oxygen atoms in total. The third kappa shape index (κ3) is 4.85. The van der Waals surface area contributed by atoms with Crippen LogP contribution in [0.25, 0.3) is 0 Å². The maximum Gasteiger partial charge on any atom is 0.0432 e. The van der Waals surface area contributed by atoms with E-state index in [4.69, 9.17) is 23.2 Å². The molecular formula is C11H15Cl2N. The predicted molar refractivity (Wildman–Crippen MR) is 63.3 cm³/mol. The number of benzene rings is 1. The third-order valence-corrected chi connectivity index (χ3v) is 2.29. The fourth-order valence-corrected chi connectivity index (χ4v) is 1.55.